The van der Waals surface area contributed by atoms with Gasteiger partial charge in [0.25, 0.3) is 5.56 Å². The Bertz CT molecular complexity index is 2440. The molecule has 25 nitrogen and oxygen atoms in total. The summed E-state index contributed by atoms with van der Waals surface area (Å²) in [6.07, 6.45) is -10.1. The van der Waals surface area contributed by atoms with Crippen LogP contribution < -0.4 is 26.8 Å². The summed E-state index contributed by atoms with van der Waals surface area (Å²) in [6, 6.07) is 3.26. The van der Waals surface area contributed by atoms with Gasteiger partial charge in [-0.2, -0.15) is 4.31 Å². The molecule has 6 rings (SSSR count). The number of aryl methyl sites for hydroxylation is 2. The molecular formula is C32H43N9O16P2. The van der Waals surface area contributed by atoms with E-state index in [9.17, 15) is 58.8 Å². The molecule has 27 heteroatoms. The minimum atomic E-state index is -5.59. The number of aliphatic hydroxyl groups excluding tert-OH is 5. The van der Waals surface area contributed by atoms with Crippen LogP contribution in [0.2, 0.25) is 0 Å². The van der Waals surface area contributed by atoms with Crippen LogP contribution in [0.25, 0.3) is 11.2 Å². The van der Waals surface area contributed by atoms with Crippen molar-refractivity contribution in [3.63, 3.8) is 0 Å². The number of hydrogen-bond acceptors (Lipinski definition) is 19. The molecule has 1 fully saturated rings. The Morgan fingerprint density at radius 2 is 1.63 bits per heavy atom. The van der Waals surface area contributed by atoms with E-state index in [0.29, 0.717) is 5.56 Å². The molecule has 1 aromatic carbocycles. The quantitative estimate of drug-likeness (QED) is 0.0655. The normalized spacial score (nSPS) is 22.8. The van der Waals surface area contributed by atoms with Gasteiger partial charge in [0.15, 0.2) is 23.4 Å². The number of nitrogens with zero attached hydrogens (tertiary/aromatic N) is 6. The molecule has 4 aromatic rings. The Kier molecular flexibility index (Phi) is 12.6. The zero-order valence-electron chi connectivity index (χ0n) is 31.7. The largest absolute Gasteiger partial charge is 0.481 e. The molecule has 0 aliphatic carbocycles. The number of phosphoric acid groups is 2. The lowest BCUT2D eigenvalue weighted by Gasteiger charge is -2.40. The van der Waals surface area contributed by atoms with Crippen LogP contribution in [0.3, 0.4) is 0 Å². The number of anilines is 5. The van der Waals surface area contributed by atoms with Gasteiger partial charge in [-0.3, -0.25) is 38.1 Å². The van der Waals surface area contributed by atoms with Gasteiger partial charge in [-0.25, -0.2) is 28.9 Å². The van der Waals surface area contributed by atoms with Gasteiger partial charge in [0.1, 0.15) is 54.3 Å². The predicted octanol–water partition coefficient (Wildman–Crippen LogP) is -0.783. The molecular weight excluding hydrogens is 828 g/mol. The van der Waals surface area contributed by atoms with Gasteiger partial charge in [-0.05, 0) is 43.0 Å². The van der Waals surface area contributed by atoms with Gasteiger partial charge in [-0.1, -0.05) is 13.8 Å². The number of H-pyrrole nitrogens is 2. The molecule has 0 radical (unpaired) electrons. The van der Waals surface area contributed by atoms with E-state index < -0.39 is 95.4 Å². The Hall–Kier alpha value is -4.46. The monoisotopic (exact) mass is 871 g/mol. The summed E-state index contributed by atoms with van der Waals surface area (Å²) in [6.45, 7) is 4.26. The number of imidazole rings is 1. The van der Waals surface area contributed by atoms with E-state index >= 15 is 0 Å². The summed E-state index contributed by atoms with van der Waals surface area (Å²) in [5.74, 6) is -0.779. The van der Waals surface area contributed by atoms with Crippen molar-refractivity contribution in [1.29, 1.82) is 0 Å². The zero-order chi connectivity index (χ0) is 43.3. The third kappa shape index (κ3) is 9.17. The second-order valence-corrected chi connectivity index (χ2v) is 17.4. The number of carbonyl (C=O) groups excluding carboxylic acids is 1. The highest BCUT2D eigenvalue weighted by molar-refractivity contribution is 7.61. The molecule has 59 heavy (non-hydrogen) atoms. The molecule has 0 bridgehead atoms. The Morgan fingerprint density at radius 3 is 2.31 bits per heavy atom. The molecule has 2 unspecified atom stereocenters. The molecule has 3 aromatic heterocycles. The van der Waals surface area contributed by atoms with Gasteiger partial charge >= 0.3 is 21.3 Å². The first-order valence-corrected chi connectivity index (χ1v) is 20.8. The molecule has 322 valence electrons. The number of rotatable bonds is 15. The van der Waals surface area contributed by atoms with E-state index in [1.54, 1.807) is 39.8 Å². The Labute approximate surface area is 332 Å². The van der Waals surface area contributed by atoms with Crippen LogP contribution in [-0.4, -0.2) is 127 Å². The minimum absolute atomic E-state index is 0.0224. The maximum Gasteiger partial charge on any atom is 0.481 e. The standard InChI is InChI=1S/C32H43N9O16P2/c1-13(2)5-21(44)41-17-7-15(4)14(3)6-16(17)39(29-23(41)30(48)38-32(49)37-29)8-18(42)24(45)19(43)9-54-58(50,51)57-59(52,53)55-10-20-25(46)26(47)31(56-20)40-12-36-22-27(33)34-11-35-28(22)40/h6-7,11-13,18-20,24-26,31,42-43,45-47H,5,8-10H2,1-4H3,(H,50,51)(H,52,53)(H2,33,34,35)(H2,37,38,48,49)/t18-,19+,20+,24-,25+,26+,31+/m0/s1. The molecule has 2 aliphatic heterocycles. The van der Waals surface area contributed by atoms with E-state index in [-0.39, 0.29) is 52.2 Å². The van der Waals surface area contributed by atoms with Gasteiger partial charge in [0.05, 0.1) is 37.5 Å². The fourth-order valence-electron chi connectivity index (χ4n) is 6.50. The van der Waals surface area contributed by atoms with Crippen LogP contribution >= 0.6 is 15.6 Å². The highest BCUT2D eigenvalue weighted by Crippen LogP contribution is 2.60. The predicted molar refractivity (Wildman–Crippen MR) is 204 cm³/mol. The van der Waals surface area contributed by atoms with Crippen molar-refractivity contribution in [2.45, 2.75) is 77.0 Å². The summed E-state index contributed by atoms with van der Waals surface area (Å²) in [5, 5.41) is 53.8. The molecule has 0 saturated carbocycles. The summed E-state index contributed by atoms with van der Waals surface area (Å²) in [5.41, 5.74) is 5.82. The third-order valence-corrected chi connectivity index (χ3v) is 12.1. The second kappa shape index (κ2) is 16.9. The average molecular weight is 872 g/mol. The van der Waals surface area contributed by atoms with Crippen LogP contribution in [0.4, 0.5) is 28.7 Å². The zero-order valence-corrected chi connectivity index (χ0v) is 33.5. The van der Waals surface area contributed by atoms with Crippen molar-refractivity contribution in [2.24, 2.45) is 5.92 Å². The van der Waals surface area contributed by atoms with E-state index in [1.807, 2.05) is 0 Å². The summed E-state index contributed by atoms with van der Waals surface area (Å²) in [7, 11) is -11.1. The first kappa shape index (κ1) is 44.1. The van der Waals surface area contributed by atoms with Gasteiger partial charge in [0, 0.05) is 6.42 Å². The topological polar surface area (TPSA) is 372 Å². The van der Waals surface area contributed by atoms with E-state index in [1.165, 1.54) is 15.8 Å². The minimum Gasteiger partial charge on any atom is -0.388 e. The lowest BCUT2D eigenvalue weighted by atomic mass is 10.0. The highest BCUT2D eigenvalue weighted by Gasteiger charge is 2.47. The lowest BCUT2D eigenvalue weighted by Crippen LogP contribution is -2.48. The second-order valence-electron chi connectivity index (χ2n) is 14.3. The lowest BCUT2D eigenvalue weighted by molar-refractivity contribution is -0.118. The number of hydrogen-bond donors (Lipinski definition) is 10. The summed E-state index contributed by atoms with van der Waals surface area (Å²) < 4.78 is 45.7. The first-order chi connectivity index (χ1) is 27.6. The third-order valence-electron chi connectivity index (χ3n) is 9.52. The SMILES string of the molecule is Cc1cc2c(cc1C)N(C(=O)CC(C)C)c1c([nH]c(=O)[nH]c1=O)N2C[C@H](O)[C@H](O)[C@H](O)COP(=O)(O)OP(=O)(O)OC[C@H]1O[C@@H](n2cnc3c(N)ncnc32)[C@H](O)[C@@H]1O. The number of ether oxygens (including phenoxy) is 1. The number of benzene rings is 1. The molecule has 1 saturated heterocycles. The van der Waals surface area contributed by atoms with Crippen molar-refractivity contribution < 1.29 is 67.3 Å². The maximum absolute atomic E-state index is 13.5. The van der Waals surface area contributed by atoms with Crippen LogP contribution in [0.5, 0.6) is 0 Å². The van der Waals surface area contributed by atoms with E-state index in [4.69, 9.17) is 15.0 Å². The number of aromatic amines is 2. The van der Waals surface area contributed by atoms with E-state index in [2.05, 4.69) is 33.8 Å². The molecule has 9 atom stereocenters. The smallest absolute Gasteiger partial charge is 0.388 e. The number of nitrogens with one attached hydrogen (secondary N) is 2. The molecule has 1 amide bonds. The number of amides is 1. The molecule has 2 aliphatic rings. The van der Waals surface area contributed by atoms with Crippen LogP contribution in [-0.2, 0) is 32.0 Å². The number of nitrogens with two attached hydrogens (primary N) is 1. The summed E-state index contributed by atoms with van der Waals surface area (Å²) >= 11 is 0. The van der Waals surface area contributed by atoms with Gasteiger partial charge < -0.3 is 50.7 Å². The molecule has 0 spiro atoms. The van der Waals surface area contributed by atoms with Crippen molar-refractivity contribution in [2.75, 3.05) is 35.3 Å². The van der Waals surface area contributed by atoms with Gasteiger partial charge in [-0.15, -0.1) is 0 Å². The number of carbonyl (C=O) groups is 1. The van der Waals surface area contributed by atoms with Crippen LogP contribution in [0.15, 0.2) is 34.4 Å². The fourth-order valence-corrected chi connectivity index (χ4v) is 8.60. The number of β-amino-alcohol motifs (C(OH)–C–C–N with tert-alkyl or cyclic N) is 1. The summed E-state index contributed by atoms with van der Waals surface area (Å²) in [4.78, 5) is 78.5. The number of phosphoric ester groups is 2. The maximum atomic E-state index is 13.5. The first-order valence-electron chi connectivity index (χ1n) is 17.8. The average Bonchev–Trinajstić information content (AvgIpc) is 3.70. The van der Waals surface area contributed by atoms with E-state index in [0.717, 1.165) is 16.8 Å². The Balaban J connectivity index is 1.10. The van der Waals surface area contributed by atoms with Crippen molar-refractivity contribution in [3.8, 4) is 0 Å². The fraction of sp³-hybridized carbons (Fsp3) is 0.500. The number of aliphatic hydroxyl groups is 5. The van der Waals surface area contributed by atoms with Gasteiger partial charge in [0.2, 0.25) is 5.91 Å². The van der Waals surface area contributed by atoms with Crippen LogP contribution in [0, 0.1) is 19.8 Å². The molecule has 5 heterocycles. The molecule has 11 N–H and O–H groups in total. The highest BCUT2D eigenvalue weighted by atomic mass is 31.3. The number of aromatic nitrogens is 6. The van der Waals surface area contributed by atoms with Crippen LogP contribution in [0.1, 0.15) is 37.6 Å². The van der Waals surface area contributed by atoms with Crippen molar-refractivity contribution >= 4 is 61.4 Å². The van der Waals surface area contributed by atoms with Crippen molar-refractivity contribution in [3.05, 3.63) is 56.8 Å². The number of nitrogen functional groups attached to an aromatic ring is 1. The number of fused-ring (bicyclic) bond motifs is 3. The Morgan fingerprint density at radius 1 is 0.966 bits per heavy atom. The van der Waals surface area contributed by atoms with Crippen molar-refractivity contribution in [1.82, 2.24) is 29.5 Å².